The molecule has 10 heavy (non-hydrogen) atoms. The van der Waals surface area contributed by atoms with E-state index in [0.717, 1.165) is 0 Å². The van der Waals surface area contributed by atoms with Crippen LogP contribution in [0.15, 0.2) is 0 Å². The van der Waals surface area contributed by atoms with Crippen molar-refractivity contribution < 1.29 is 9.90 Å². The van der Waals surface area contributed by atoms with Gasteiger partial charge in [-0.15, -0.1) is 0 Å². The van der Waals surface area contributed by atoms with Crippen LogP contribution in [0.1, 0.15) is 20.8 Å². The van der Waals surface area contributed by atoms with E-state index in [1.54, 1.807) is 6.92 Å². The summed E-state index contributed by atoms with van der Waals surface area (Å²) in [7, 11) is 0. The molecule has 0 radical (unpaired) electrons. The Kier molecular flexibility index (Phi) is 3.79. The van der Waals surface area contributed by atoms with Crippen LogP contribution in [-0.4, -0.2) is 23.4 Å². The van der Waals surface area contributed by atoms with Gasteiger partial charge in [0.25, 0.3) is 0 Å². The lowest BCUT2D eigenvalue weighted by Crippen LogP contribution is -2.45. The molecule has 3 N–H and O–H groups in total. The van der Waals surface area contributed by atoms with E-state index in [2.05, 4.69) is 10.6 Å². The van der Waals surface area contributed by atoms with Gasteiger partial charge in [0.2, 0.25) is 0 Å². The highest BCUT2D eigenvalue weighted by atomic mass is 16.4. The van der Waals surface area contributed by atoms with E-state index in [-0.39, 0.29) is 6.17 Å². The molecule has 1 atom stereocenters. The summed E-state index contributed by atoms with van der Waals surface area (Å²) in [6.07, 6.45) is -1.18. The third kappa shape index (κ3) is 5.37. The van der Waals surface area contributed by atoms with Gasteiger partial charge in [0.05, 0.1) is 6.17 Å². The molecule has 0 aliphatic rings. The van der Waals surface area contributed by atoms with Crippen molar-refractivity contribution in [1.82, 2.24) is 10.6 Å². The number of nitrogens with one attached hydrogen (secondary N) is 2. The lowest BCUT2D eigenvalue weighted by atomic mass is 10.4. The van der Waals surface area contributed by atoms with Crippen LogP contribution >= 0.6 is 0 Å². The van der Waals surface area contributed by atoms with Crippen LogP contribution in [0.4, 0.5) is 4.79 Å². The van der Waals surface area contributed by atoms with E-state index in [1.165, 1.54) is 0 Å². The average Bonchev–Trinajstić information content (AvgIpc) is 1.58. The Bertz CT molecular complexity index is 114. The molecular formula is C6H14N2O2. The summed E-state index contributed by atoms with van der Waals surface area (Å²) in [6.45, 7) is 5.67. The van der Waals surface area contributed by atoms with E-state index in [0.29, 0.717) is 6.04 Å². The Hall–Kier alpha value is -0.770. The summed E-state index contributed by atoms with van der Waals surface area (Å²) >= 11 is 0. The van der Waals surface area contributed by atoms with Crippen molar-refractivity contribution in [2.24, 2.45) is 0 Å². The van der Waals surface area contributed by atoms with E-state index < -0.39 is 6.09 Å². The fourth-order valence-corrected chi connectivity index (χ4v) is 0.727. The number of carboxylic acid groups (broad SMARTS) is 1. The van der Waals surface area contributed by atoms with Gasteiger partial charge in [0.1, 0.15) is 0 Å². The van der Waals surface area contributed by atoms with Crippen LogP contribution in [0.3, 0.4) is 0 Å². The molecule has 4 nitrogen and oxygen atoms in total. The predicted octanol–water partition coefficient (Wildman–Crippen LogP) is 0.598. The molecular weight excluding hydrogens is 132 g/mol. The van der Waals surface area contributed by atoms with E-state index >= 15 is 0 Å². The maximum absolute atomic E-state index is 10.0. The minimum atomic E-state index is -0.999. The molecule has 0 rings (SSSR count). The minimum absolute atomic E-state index is 0.183. The van der Waals surface area contributed by atoms with Crippen LogP contribution in [-0.2, 0) is 0 Å². The fourth-order valence-electron chi connectivity index (χ4n) is 0.727. The Labute approximate surface area is 60.6 Å². The van der Waals surface area contributed by atoms with Crippen molar-refractivity contribution in [3.8, 4) is 0 Å². The van der Waals surface area contributed by atoms with Crippen molar-refractivity contribution in [2.75, 3.05) is 0 Å². The summed E-state index contributed by atoms with van der Waals surface area (Å²) in [4.78, 5) is 10.0. The molecule has 60 valence electrons. The number of hydrogen-bond acceptors (Lipinski definition) is 2. The maximum Gasteiger partial charge on any atom is 0.405 e. The van der Waals surface area contributed by atoms with E-state index in [4.69, 9.17) is 5.11 Å². The third-order valence-electron chi connectivity index (χ3n) is 0.923. The number of carbonyl (C=O) groups is 1. The van der Waals surface area contributed by atoms with Gasteiger partial charge in [0, 0.05) is 6.04 Å². The van der Waals surface area contributed by atoms with Gasteiger partial charge in [-0.05, 0) is 20.8 Å². The lowest BCUT2D eigenvalue weighted by molar-refractivity contribution is 0.187. The Balaban J connectivity index is 3.43. The molecule has 0 aromatic carbocycles. The summed E-state index contributed by atoms with van der Waals surface area (Å²) in [6, 6.07) is 0.293. The van der Waals surface area contributed by atoms with Gasteiger partial charge < -0.3 is 10.4 Å². The predicted molar refractivity (Wildman–Crippen MR) is 38.9 cm³/mol. The second-order valence-electron chi connectivity index (χ2n) is 2.49. The molecule has 1 amide bonds. The van der Waals surface area contributed by atoms with Crippen molar-refractivity contribution >= 4 is 6.09 Å². The Morgan fingerprint density at radius 3 is 2.20 bits per heavy atom. The smallest absolute Gasteiger partial charge is 0.405 e. The van der Waals surface area contributed by atoms with E-state index in [9.17, 15) is 4.79 Å². The van der Waals surface area contributed by atoms with Crippen molar-refractivity contribution in [3.63, 3.8) is 0 Å². The highest BCUT2D eigenvalue weighted by Gasteiger charge is 2.04. The summed E-state index contributed by atoms with van der Waals surface area (Å²) in [5, 5.41) is 13.5. The first kappa shape index (κ1) is 9.23. The van der Waals surface area contributed by atoms with Gasteiger partial charge in [-0.25, -0.2) is 4.79 Å². The van der Waals surface area contributed by atoms with Crippen molar-refractivity contribution in [2.45, 2.75) is 33.0 Å². The molecule has 0 aliphatic carbocycles. The SMILES string of the molecule is CC(C)NC(C)NC(=O)O. The second kappa shape index (κ2) is 4.11. The van der Waals surface area contributed by atoms with Gasteiger partial charge in [-0.3, -0.25) is 5.32 Å². The van der Waals surface area contributed by atoms with Crippen molar-refractivity contribution in [1.29, 1.82) is 0 Å². The quantitative estimate of drug-likeness (QED) is 0.511. The molecule has 0 aromatic rings. The maximum atomic E-state index is 10.0. The first-order valence-corrected chi connectivity index (χ1v) is 3.28. The number of amides is 1. The van der Waals surface area contributed by atoms with Gasteiger partial charge in [-0.1, -0.05) is 0 Å². The Morgan fingerprint density at radius 1 is 1.40 bits per heavy atom. The molecule has 0 spiro atoms. The molecule has 0 aliphatic heterocycles. The van der Waals surface area contributed by atoms with Gasteiger partial charge >= 0.3 is 6.09 Å². The zero-order chi connectivity index (χ0) is 8.15. The van der Waals surface area contributed by atoms with Crippen LogP contribution in [0, 0.1) is 0 Å². The Morgan fingerprint density at radius 2 is 1.90 bits per heavy atom. The van der Waals surface area contributed by atoms with Gasteiger partial charge in [0.15, 0.2) is 0 Å². The standard InChI is InChI=1S/C6H14N2O2/c1-4(2)7-5(3)8-6(9)10/h4-5,7-8H,1-3H3,(H,9,10). The summed E-state index contributed by atoms with van der Waals surface area (Å²) < 4.78 is 0. The molecule has 0 aromatic heterocycles. The zero-order valence-corrected chi connectivity index (χ0v) is 6.51. The van der Waals surface area contributed by atoms with Crippen LogP contribution in [0.2, 0.25) is 0 Å². The zero-order valence-electron chi connectivity index (χ0n) is 6.51. The fraction of sp³-hybridized carbons (Fsp3) is 0.833. The largest absolute Gasteiger partial charge is 0.465 e. The lowest BCUT2D eigenvalue weighted by Gasteiger charge is -2.15. The summed E-state index contributed by atoms with van der Waals surface area (Å²) in [5.74, 6) is 0. The second-order valence-corrected chi connectivity index (χ2v) is 2.49. The van der Waals surface area contributed by atoms with Crippen LogP contribution in [0.5, 0.6) is 0 Å². The third-order valence-corrected chi connectivity index (χ3v) is 0.923. The molecule has 0 fully saturated rings. The molecule has 4 heteroatoms. The van der Waals surface area contributed by atoms with Crippen LogP contribution in [0.25, 0.3) is 0 Å². The highest BCUT2D eigenvalue weighted by molar-refractivity contribution is 5.64. The molecule has 0 heterocycles. The minimum Gasteiger partial charge on any atom is -0.465 e. The molecule has 1 unspecified atom stereocenters. The monoisotopic (exact) mass is 146 g/mol. The highest BCUT2D eigenvalue weighted by Crippen LogP contribution is 1.80. The van der Waals surface area contributed by atoms with E-state index in [1.807, 2.05) is 13.8 Å². The first-order valence-electron chi connectivity index (χ1n) is 3.28. The number of rotatable bonds is 3. The summed E-state index contributed by atoms with van der Waals surface area (Å²) in [5.41, 5.74) is 0. The molecule has 0 saturated carbocycles. The van der Waals surface area contributed by atoms with Crippen LogP contribution < -0.4 is 10.6 Å². The first-order chi connectivity index (χ1) is 4.52. The molecule has 0 saturated heterocycles. The average molecular weight is 146 g/mol. The topological polar surface area (TPSA) is 61.4 Å². The normalized spacial score (nSPS) is 13.2. The number of hydrogen-bond donors (Lipinski definition) is 3. The molecule has 0 bridgehead atoms. The van der Waals surface area contributed by atoms with Gasteiger partial charge in [-0.2, -0.15) is 0 Å². The van der Waals surface area contributed by atoms with Crippen molar-refractivity contribution in [3.05, 3.63) is 0 Å².